The molecule has 2 fully saturated rings. The lowest BCUT2D eigenvalue weighted by Gasteiger charge is -2.36. The number of benzene rings is 1. The number of ether oxygens (including phenoxy) is 2. The first-order valence-electron chi connectivity index (χ1n) is 10.2. The van der Waals surface area contributed by atoms with Crippen LogP contribution in [0.1, 0.15) is 38.2 Å². The number of nitrogens with zero attached hydrogens (tertiary/aromatic N) is 1. The predicted molar refractivity (Wildman–Crippen MR) is 109 cm³/mol. The fourth-order valence-electron chi connectivity index (χ4n) is 4.43. The number of fused-ring (bicyclic) bond motifs is 1. The Balaban J connectivity index is 1.46. The number of methoxy groups -OCH3 is 1. The summed E-state index contributed by atoms with van der Waals surface area (Å²) in [5.41, 5.74) is -0.755. The van der Waals surface area contributed by atoms with E-state index in [1.54, 1.807) is 18.2 Å². The van der Waals surface area contributed by atoms with Crippen LogP contribution in [0.15, 0.2) is 33.5 Å². The second-order valence-electron chi connectivity index (χ2n) is 8.05. The van der Waals surface area contributed by atoms with Gasteiger partial charge >= 0.3 is 17.6 Å². The van der Waals surface area contributed by atoms with E-state index in [-0.39, 0.29) is 18.4 Å². The van der Waals surface area contributed by atoms with Crippen LogP contribution in [0.3, 0.4) is 0 Å². The number of hydrogen-bond acceptors (Lipinski definition) is 7. The van der Waals surface area contributed by atoms with Crippen molar-refractivity contribution in [1.29, 1.82) is 0 Å². The second kappa shape index (κ2) is 8.05. The molecule has 1 aliphatic heterocycles. The summed E-state index contributed by atoms with van der Waals surface area (Å²) in [7, 11) is 1.50. The molecule has 2 heterocycles. The van der Waals surface area contributed by atoms with Crippen molar-refractivity contribution in [2.24, 2.45) is 5.92 Å². The van der Waals surface area contributed by atoms with Crippen molar-refractivity contribution in [2.45, 2.75) is 44.8 Å². The van der Waals surface area contributed by atoms with E-state index in [1.807, 2.05) is 6.92 Å². The van der Waals surface area contributed by atoms with Crippen molar-refractivity contribution in [3.63, 3.8) is 0 Å². The summed E-state index contributed by atoms with van der Waals surface area (Å²) >= 11 is 0. The lowest BCUT2D eigenvalue weighted by atomic mass is 9.73. The highest BCUT2D eigenvalue weighted by Gasteiger charge is 2.55. The molecule has 3 amide bonds. The molecule has 0 unspecified atom stereocenters. The van der Waals surface area contributed by atoms with Crippen molar-refractivity contribution in [2.75, 3.05) is 13.7 Å². The van der Waals surface area contributed by atoms with Gasteiger partial charge in [-0.1, -0.05) is 19.8 Å². The Hall–Kier alpha value is -3.36. The Morgan fingerprint density at radius 1 is 1.26 bits per heavy atom. The van der Waals surface area contributed by atoms with Gasteiger partial charge in [-0.25, -0.2) is 9.59 Å². The number of amides is 3. The van der Waals surface area contributed by atoms with E-state index in [1.165, 1.54) is 13.2 Å². The third-order valence-corrected chi connectivity index (χ3v) is 6.21. The number of imide groups is 1. The smallest absolute Gasteiger partial charge is 0.336 e. The number of hydrogen-bond donors (Lipinski definition) is 1. The number of rotatable bonds is 5. The molecule has 4 rings (SSSR count). The number of carbonyl (C=O) groups is 3. The number of urea groups is 1. The number of esters is 1. The Kier molecular flexibility index (Phi) is 5.43. The first kappa shape index (κ1) is 20.9. The third-order valence-electron chi connectivity index (χ3n) is 6.21. The molecule has 0 radical (unpaired) electrons. The molecular formula is C22H24N2O7. The molecule has 2 atom stereocenters. The van der Waals surface area contributed by atoms with Crippen LogP contribution in [-0.4, -0.2) is 42.0 Å². The van der Waals surface area contributed by atoms with E-state index < -0.39 is 29.7 Å². The van der Waals surface area contributed by atoms with Crippen LogP contribution in [0.2, 0.25) is 0 Å². The van der Waals surface area contributed by atoms with Crippen LogP contribution in [0, 0.1) is 5.92 Å². The largest absolute Gasteiger partial charge is 0.497 e. The number of carbonyl (C=O) groups excluding carboxylic acids is 3. The Morgan fingerprint density at radius 2 is 2.06 bits per heavy atom. The van der Waals surface area contributed by atoms with Crippen molar-refractivity contribution < 1.29 is 28.3 Å². The molecule has 0 bridgehead atoms. The Labute approximate surface area is 178 Å². The Bertz CT molecular complexity index is 1110. The average molecular weight is 428 g/mol. The average Bonchev–Trinajstić information content (AvgIpc) is 2.98. The van der Waals surface area contributed by atoms with Crippen LogP contribution in [0.4, 0.5) is 4.79 Å². The molecule has 9 heteroatoms. The molecule has 1 aliphatic carbocycles. The first-order valence-corrected chi connectivity index (χ1v) is 10.2. The quantitative estimate of drug-likeness (QED) is 0.442. The van der Waals surface area contributed by atoms with Crippen LogP contribution in [0.25, 0.3) is 11.0 Å². The van der Waals surface area contributed by atoms with Crippen LogP contribution in [-0.2, 0) is 20.9 Å². The van der Waals surface area contributed by atoms with Gasteiger partial charge in [0.15, 0.2) is 0 Å². The standard InChI is InChI=1S/C22H24N2O7/c1-13-5-3-4-8-22(13)20(27)24(21(28)23-22)11-19(26)30-12-14-9-18(25)31-17-10-15(29-2)6-7-16(14)17/h6-7,9-10,13H,3-5,8,11-12H2,1-2H3,(H,23,28)/t13-,22+/m0/s1. The lowest BCUT2D eigenvalue weighted by Crippen LogP contribution is -2.54. The van der Waals surface area contributed by atoms with Crippen LogP contribution in [0.5, 0.6) is 5.75 Å². The summed E-state index contributed by atoms with van der Waals surface area (Å²) in [5.74, 6) is -0.585. The summed E-state index contributed by atoms with van der Waals surface area (Å²) < 4.78 is 15.6. The summed E-state index contributed by atoms with van der Waals surface area (Å²) in [6.07, 6.45) is 3.28. The summed E-state index contributed by atoms with van der Waals surface area (Å²) in [5, 5.41) is 3.40. The molecule has 1 saturated heterocycles. The minimum Gasteiger partial charge on any atom is -0.497 e. The van der Waals surface area contributed by atoms with Gasteiger partial charge in [0, 0.05) is 23.1 Å². The maximum Gasteiger partial charge on any atom is 0.336 e. The highest BCUT2D eigenvalue weighted by atomic mass is 16.5. The molecular weight excluding hydrogens is 404 g/mol. The first-order chi connectivity index (χ1) is 14.8. The summed E-state index contributed by atoms with van der Waals surface area (Å²) in [6, 6.07) is 5.64. The molecule has 2 aromatic rings. The van der Waals surface area contributed by atoms with Gasteiger partial charge in [0.05, 0.1) is 7.11 Å². The van der Waals surface area contributed by atoms with E-state index >= 15 is 0 Å². The minimum atomic E-state index is -0.927. The van der Waals surface area contributed by atoms with Gasteiger partial charge in [-0.05, 0) is 30.9 Å². The van der Waals surface area contributed by atoms with Crippen molar-refractivity contribution >= 4 is 28.9 Å². The molecule has 1 saturated carbocycles. The van der Waals surface area contributed by atoms with Gasteiger partial charge < -0.3 is 19.2 Å². The normalized spacial score (nSPS) is 23.3. The van der Waals surface area contributed by atoms with E-state index in [0.717, 1.165) is 24.2 Å². The van der Waals surface area contributed by atoms with Gasteiger partial charge in [-0.3, -0.25) is 14.5 Å². The Morgan fingerprint density at radius 3 is 2.81 bits per heavy atom. The van der Waals surface area contributed by atoms with E-state index in [9.17, 15) is 19.2 Å². The minimum absolute atomic E-state index is 0.00520. The molecule has 1 aromatic heterocycles. The van der Waals surface area contributed by atoms with E-state index in [0.29, 0.717) is 28.7 Å². The lowest BCUT2D eigenvalue weighted by molar-refractivity contribution is -0.149. The van der Waals surface area contributed by atoms with Gasteiger partial charge in [0.1, 0.15) is 30.0 Å². The van der Waals surface area contributed by atoms with E-state index in [2.05, 4.69) is 5.32 Å². The van der Waals surface area contributed by atoms with Gasteiger partial charge in [-0.15, -0.1) is 0 Å². The summed E-state index contributed by atoms with van der Waals surface area (Å²) in [4.78, 5) is 50.6. The van der Waals surface area contributed by atoms with E-state index in [4.69, 9.17) is 13.9 Å². The monoisotopic (exact) mass is 428 g/mol. The van der Waals surface area contributed by atoms with Crippen molar-refractivity contribution in [1.82, 2.24) is 10.2 Å². The van der Waals surface area contributed by atoms with Crippen molar-refractivity contribution in [3.8, 4) is 5.75 Å². The highest BCUT2D eigenvalue weighted by molar-refractivity contribution is 6.09. The van der Waals surface area contributed by atoms with Gasteiger partial charge in [-0.2, -0.15) is 0 Å². The molecule has 2 aliphatic rings. The molecule has 1 aromatic carbocycles. The van der Waals surface area contributed by atoms with Crippen molar-refractivity contribution in [3.05, 3.63) is 40.2 Å². The van der Waals surface area contributed by atoms with Crippen LogP contribution >= 0.6 is 0 Å². The highest BCUT2D eigenvalue weighted by Crippen LogP contribution is 2.38. The number of nitrogens with one attached hydrogen (secondary N) is 1. The van der Waals surface area contributed by atoms with Crippen LogP contribution < -0.4 is 15.7 Å². The SMILES string of the molecule is COc1ccc2c(COC(=O)CN3C(=O)N[C@@]4(CCCC[C@@H]4C)C3=O)cc(=O)oc2c1. The molecule has 164 valence electrons. The zero-order chi connectivity index (χ0) is 22.2. The predicted octanol–water partition coefficient (Wildman–Crippen LogP) is 2.35. The topological polar surface area (TPSA) is 115 Å². The molecule has 1 N–H and O–H groups in total. The second-order valence-corrected chi connectivity index (χ2v) is 8.05. The maximum absolute atomic E-state index is 13.0. The van der Waals surface area contributed by atoms with Gasteiger partial charge in [0.25, 0.3) is 5.91 Å². The fraction of sp³-hybridized carbons (Fsp3) is 0.455. The molecule has 1 spiro atoms. The zero-order valence-electron chi connectivity index (χ0n) is 17.4. The van der Waals surface area contributed by atoms with Gasteiger partial charge in [0.2, 0.25) is 0 Å². The summed E-state index contributed by atoms with van der Waals surface area (Å²) in [6.45, 7) is 1.27. The molecule has 31 heavy (non-hydrogen) atoms. The maximum atomic E-state index is 13.0. The zero-order valence-corrected chi connectivity index (χ0v) is 17.4. The fourth-order valence-corrected chi connectivity index (χ4v) is 4.43. The molecule has 9 nitrogen and oxygen atoms in total. The third kappa shape index (κ3) is 3.75.